The Kier molecular flexibility index (Phi) is 9.06. The normalized spacial score (nSPS) is 12.5. The van der Waals surface area contributed by atoms with E-state index < -0.39 is 23.8 Å². The van der Waals surface area contributed by atoms with E-state index in [1.807, 2.05) is 33.8 Å². The minimum atomic E-state index is -4.25. The van der Waals surface area contributed by atoms with Gasteiger partial charge in [0.1, 0.15) is 7.85 Å². The van der Waals surface area contributed by atoms with Crippen molar-refractivity contribution < 1.29 is 27.5 Å². The second kappa shape index (κ2) is 11.1. The number of rotatable bonds is 9. The van der Waals surface area contributed by atoms with Crippen LogP contribution in [0, 0.1) is 13.8 Å². The van der Waals surface area contributed by atoms with Crippen LogP contribution in [-0.4, -0.2) is 39.6 Å². The third-order valence-corrected chi connectivity index (χ3v) is 7.51. The molecule has 2 aromatic rings. The van der Waals surface area contributed by atoms with Crippen LogP contribution in [0.15, 0.2) is 29.2 Å². The van der Waals surface area contributed by atoms with Gasteiger partial charge in [0, 0.05) is 28.0 Å². The molecule has 10 heteroatoms. The third kappa shape index (κ3) is 7.92. The second-order valence-electron chi connectivity index (χ2n) is 7.23. The number of ether oxygens (including phenoxy) is 1. The lowest BCUT2D eigenvalue weighted by molar-refractivity contribution is -0.140. The van der Waals surface area contributed by atoms with Gasteiger partial charge < -0.3 is 10.1 Å². The topological polar surface area (TPSA) is 55.4 Å². The molecule has 0 aliphatic carbocycles. The number of thioether (sulfide) groups is 1. The van der Waals surface area contributed by atoms with Gasteiger partial charge in [0.15, 0.2) is 0 Å². The fourth-order valence-corrected chi connectivity index (χ4v) is 5.37. The maximum absolute atomic E-state index is 12.9. The van der Waals surface area contributed by atoms with Gasteiger partial charge in [-0.05, 0) is 44.5 Å². The minimum absolute atomic E-state index is 0.0522. The van der Waals surface area contributed by atoms with Gasteiger partial charge in [-0.1, -0.05) is 16.6 Å². The fraction of sp³-hybridized carbons (Fsp3) is 0.429. The molecule has 0 radical (unpaired) electrons. The highest BCUT2D eigenvalue weighted by Gasteiger charge is 2.30. The Morgan fingerprint density at radius 1 is 1.23 bits per heavy atom. The summed E-state index contributed by atoms with van der Waals surface area (Å²) >= 11 is 2.57. The lowest BCUT2D eigenvalue weighted by Crippen LogP contribution is -2.25. The number of benzene rings is 1. The van der Waals surface area contributed by atoms with Gasteiger partial charge in [0.2, 0.25) is 0 Å². The summed E-state index contributed by atoms with van der Waals surface area (Å²) in [7, 11) is 3.29. The van der Waals surface area contributed by atoms with Crippen molar-refractivity contribution in [2.75, 3.05) is 13.7 Å². The quantitative estimate of drug-likeness (QED) is 0.340. The van der Waals surface area contributed by atoms with Gasteiger partial charge in [-0.3, -0.25) is 9.59 Å². The number of halogens is 3. The van der Waals surface area contributed by atoms with E-state index in [1.54, 1.807) is 12.1 Å². The van der Waals surface area contributed by atoms with Crippen molar-refractivity contribution in [1.29, 1.82) is 0 Å². The number of hydrogen-bond donors (Lipinski definition) is 1. The van der Waals surface area contributed by atoms with Crippen molar-refractivity contribution in [1.82, 2.24) is 5.32 Å². The number of methoxy groups -OCH3 is 1. The zero-order valence-electron chi connectivity index (χ0n) is 17.9. The van der Waals surface area contributed by atoms with Crippen molar-refractivity contribution >= 4 is 48.3 Å². The molecule has 0 fully saturated rings. The molecule has 1 N–H and O–H groups in total. The predicted molar refractivity (Wildman–Crippen MR) is 121 cm³/mol. The van der Waals surface area contributed by atoms with E-state index in [0.717, 1.165) is 16.0 Å². The molecule has 1 heterocycles. The number of hydrogen-bond acceptors (Lipinski definition) is 5. The summed E-state index contributed by atoms with van der Waals surface area (Å²) in [5.41, 5.74) is 3.35. The van der Waals surface area contributed by atoms with E-state index in [1.165, 1.54) is 35.7 Å². The number of aryl methyl sites for hydroxylation is 2. The van der Waals surface area contributed by atoms with Crippen LogP contribution >= 0.6 is 23.1 Å². The molecule has 168 valence electrons. The van der Waals surface area contributed by atoms with Gasteiger partial charge in [-0.25, -0.2) is 0 Å². The zero-order valence-corrected chi connectivity index (χ0v) is 19.5. The number of thiophene rings is 1. The van der Waals surface area contributed by atoms with Crippen molar-refractivity contribution in [3.63, 3.8) is 0 Å². The minimum Gasteiger partial charge on any atom is -0.469 e. The summed E-state index contributed by atoms with van der Waals surface area (Å²) in [6.07, 6.45) is -5.17. The SMILES string of the molecule is Bc1c(C)cc(SC(CCC(F)(F)F)c2ccc(C(=O)NCCC(=O)OC)s2)cc1C. The Morgan fingerprint density at radius 3 is 2.45 bits per heavy atom. The van der Waals surface area contributed by atoms with Crippen LogP contribution in [0.5, 0.6) is 0 Å². The van der Waals surface area contributed by atoms with Crippen molar-refractivity contribution in [2.45, 2.75) is 49.4 Å². The number of carbonyl (C=O) groups is 2. The molecular weight excluding hydrogens is 446 g/mol. The Morgan fingerprint density at radius 2 is 1.87 bits per heavy atom. The molecule has 4 nitrogen and oxygen atoms in total. The van der Waals surface area contributed by atoms with E-state index >= 15 is 0 Å². The summed E-state index contributed by atoms with van der Waals surface area (Å²) in [5, 5.41) is 2.20. The molecule has 1 atom stereocenters. The fourth-order valence-electron chi connectivity index (χ4n) is 2.90. The van der Waals surface area contributed by atoms with Crippen molar-refractivity contribution in [3.8, 4) is 0 Å². The molecule has 1 unspecified atom stereocenters. The van der Waals surface area contributed by atoms with Gasteiger partial charge in [0.25, 0.3) is 5.91 Å². The van der Waals surface area contributed by atoms with Crippen molar-refractivity contribution in [2.24, 2.45) is 0 Å². The van der Waals surface area contributed by atoms with Gasteiger partial charge in [-0.15, -0.1) is 23.1 Å². The molecule has 0 spiro atoms. The lowest BCUT2D eigenvalue weighted by atomic mass is 9.87. The molecule has 1 amide bonds. The highest BCUT2D eigenvalue weighted by Crippen LogP contribution is 2.43. The predicted octanol–water partition coefficient (Wildman–Crippen LogP) is 4.09. The smallest absolute Gasteiger partial charge is 0.389 e. The summed E-state index contributed by atoms with van der Waals surface area (Å²) in [6.45, 7) is 4.10. The Bertz CT molecular complexity index is 908. The van der Waals surface area contributed by atoms with Crippen LogP contribution in [0.2, 0.25) is 0 Å². The maximum atomic E-state index is 12.9. The van der Waals surface area contributed by atoms with Crippen LogP contribution in [0.4, 0.5) is 13.2 Å². The van der Waals surface area contributed by atoms with E-state index in [0.29, 0.717) is 9.75 Å². The first-order valence-corrected chi connectivity index (χ1v) is 11.5. The third-order valence-electron chi connectivity index (χ3n) is 4.88. The number of carbonyl (C=O) groups excluding carboxylic acids is 2. The van der Waals surface area contributed by atoms with Crippen molar-refractivity contribution in [3.05, 3.63) is 45.1 Å². The molecule has 1 aromatic heterocycles. The molecule has 31 heavy (non-hydrogen) atoms. The average molecular weight is 471 g/mol. The molecule has 0 saturated carbocycles. The summed E-state index contributed by atoms with van der Waals surface area (Å²) < 4.78 is 43.3. The van der Waals surface area contributed by atoms with Crippen LogP contribution in [0.3, 0.4) is 0 Å². The van der Waals surface area contributed by atoms with E-state index in [-0.39, 0.29) is 25.3 Å². The van der Waals surface area contributed by atoms with Gasteiger partial charge in [0.05, 0.1) is 18.4 Å². The molecular formula is C21H25BF3NO3S2. The molecule has 0 aliphatic rings. The Labute approximate surface area is 189 Å². The second-order valence-corrected chi connectivity index (χ2v) is 9.62. The van der Waals surface area contributed by atoms with E-state index in [2.05, 4.69) is 10.1 Å². The van der Waals surface area contributed by atoms with Gasteiger partial charge >= 0.3 is 12.1 Å². The first-order chi connectivity index (χ1) is 14.5. The Balaban J connectivity index is 2.17. The first kappa shape index (κ1) is 25.3. The molecule has 0 bridgehead atoms. The standard InChI is InChI=1S/C21H25BF3NO3S2/c1-12-10-14(11-13(2)19(12)22)30-16(6-8-21(23,24)25)15-4-5-17(31-15)20(28)26-9-7-18(27)29-3/h4-5,10-11,16H,6-9,22H2,1-3H3,(H,26,28). The van der Waals surface area contributed by atoms with Crippen LogP contribution in [0.25, 0.3) is 0 Å². The summed E-state index contributed by atoms with van der Waals surface area (Å²) in [4.78, 5) is 25.5. The maximum Gasteiger partial charge on any atom is 0.389 e. The largest absolute Gasteiger partial charge is 0.469 e. The van der Waals surface area contributed by atoms with E-state index in [9.17, 15) is 22.8 Å². The molecule has 1 aromatic carbocycles. The highest BCUT2D eigenvalue weighted by atomic mass is 32.2. The monoisotopic (exact) mass is 471 g/mol. The lowest BCUT2D eigenvalue weighted by Gasteiger charge is -2.18. The first-order valence-electron chi connectivity index (χ1n) is 9.76. The summed E-state index contributed by atoms with van der Waals surface area (Å²) in [5.74, 6) is -0.791. The highest BCUT2D eigenvalue weighted by molar-refractivity contribution is 7.99. The Hall–Kier alpha value is -1.94. The van der Waals surface area contributed by atoms with E-state index in [4.69, 9.17) is 0 Å². The molecule has 0 saturated heterocycles. The zero-order chi connectivity index (χ0) is 23.2. The van der Waals surface area contributed by atoms with Crippen LogP contribution in [0.1, 0.15) is 50.2 Å². The molecule has 2 rings (SSSR count). The van der Waals surface area contributed by atoms with Crippen LogP contribution in [-0.2, 0) is 9.53 Å². The molecule has 0 aliphatic heterocycles. The van der Waals surface area contributed by atoms with Gasteiger partial charge in [-0.2, -0.15) is 13.2 Å². The number of nitrogens with one attached hydrogen (secondary N) is 1. The number of alkyl halides is 3. The van der Waals surface area contributed by atoms with Crippen LogP contribution < -0.4 is 10.8 Å². The average Bonchev–Trinajstić information content (AvgIpc) is 3.18. The summed E-state index contributed by atoms with van der Waals surface area (Å²) in [6, 6.07) is 7.30. The number of amides is 1. The number of esters is 1.